The van der Waals surface area contributed by atoms with Crippen LogP contribution in [0.4, 0.5) is 0 Å². The van der Waals surface area contributed by atoms with Crippen molar-refractivity contribution < 1.29 is 24.2 Å². The fourth-order valence-electron chi connectivity index (χ4n) is 1.93. The van der Waals surface area contributed by atoms with Gasteiger partial charge in [0, 0.05) is 11.8 Å². The number of carbonyl (C=O) groups is 2. The summed E-state index contributed by atoms with van der Waals surface area (Å²) in [6, 6.07) is 8.93. The van der Waals surface area contributed by atoms with E-state index in [9.17, 15) is 14.7 Å². The second-order valence-electron chi connectivity index (χ2n) is 4.68. The lowest BCUT2D eigenvalue weighted by Crippen LogP contribution is -2.25. The molecule has 23 heavy (non-hydrogen) atoms. The van der Waals surface area contributed by atoms with Crippen molar-refractivity contribution in [1.82, 2.24) is 5.32 Å². The third-order valence-electron chi connectivity index (χ3n) is 3.17. The van der Waals surface area contributed by atoms with Gasteiger partial charge < -0.3 is 19.9 Å². The van der Waals surface area contributed by atoms with Gasteiger partial charge in [0.25, 0.3) is 0 Å². The maximum atomic E-state index is 11.9. The topological polar surface area (TPSA) is 84.9 Å². The zero-order chi connectivity index (χ0) is 17.2. The molecule has 1 atom stereocenters. The van der Waals surface area contributed by atoms with Crippen LogP contribution in [-0.4, -0.2) is 37.9 Å². The molecule has 6 heteroatoms. The standard InChI is InChI=1S/C17H21NO5/c1-12(14(17(21)23-3)9-10-16(20)22-2)18-15(11-19)13-7-5-4-6-8-13/h4-10,15,18-19H,11H2,1-3H3/b10-9+,14-12-. The number of methoxy groups -OCH3 is 2. The van der Waals surface area contributed by atoms with Gasteiger partial charge in [0.05, 0.1) is 32.4 Å². The third kappa shape index (κ3) is 5.60. The van der Waals surface area contributed by atoms with Gasteiger partial charge in [-0.1, -0.05) is 30.3 Å². The summed E-state index contributed by atoms with van der Waals surface area (Å²) in [5.74, 6) is -1.18. The largest absolute Gasteiger partial charge is 0.466 e. The lowest BCUT2D eigenvalue weighted by molar-refractivity contribution is -0.135. The maximum Gasteiger partial charge on any atom is 0.339 e. The summed E-state index contributed by atoms with van der Waals surface area (Å²) in [4.78, 5) is 23.1. The highest BCUT2D eigenvalue weighted by atomic mass is 16.5. The minimum absolute atomic E-state index is 0.156. The Labute approximate surface area is 135 Å². The van der Waals surface area contributed by atoms with Crippen molar-refractivity contribution >= 4 is 11.9 Å². The van der Waals surface area contributed by atoms with Gasteiger partial charge >= 0.3 is 11.9 Å². The number of aliphatic hydroxyl groups excluding tert-OH is 1. The number of hydrogen-bond acceptors (Lipinski definition) is 6. The molecule has 1 aromatic carbocycles. The summed E-state index contributed by atoms with van der Waals surface area (Å²) < 4.78 is 9.22. The Balaban J connectivity index is 3.06. The van der Waals surface area contributed by atoms with Crippen LogP contribution in [-0.2, 0) is 19.1 Å². The summed E-state index contributed by atoms with van der Waals surface area (Å²) in [7, 11) is 2.50. The molecule has 0 amide bonds. The summed E-state index contributed by atoms with van der Waals surface area (Å²) in [5.41, 5.74) is 1.52. The lowest BCUT2D eigenvalue weighted by Gasteiger charge is -2.19. The number of esters is 2. The number of ether oxygens (including phenoxy) is 2. The average molecular weight is 319 g/mol. The molecule has 0 aliphatic carbocycles. The number of aliphatic hydroxyl groups is 1. The molecule has 0 bridgehead atoms. The molecule has 2 N–H and O–H groups in total. The average Bonchev–Trinajstić information content (AvgIpc) is 2.59. The summed E-state index contributed by atoms with van der Waals surface area (Å²) >= 11 is 0. The Morgan fingerprint density at radius 1 is 1.17 bits per heavy atom. The highest BCUT2D eigenvalue weighted by Gasteiger charge is 2.15. The first-order chi connectivity index (χ1) is 11.0. The Bertz CT molecular complexity index is 592. The molecule has 6 nitrogen and oxygen atoms in total. The van der Waals surface area contributed by atoms with E-state index < -0.39 is 11.9 Å². The Kier molecular flexibility index (Phi) is 7.56. The first kappa shape index (κ1) is 18.4. The minimum Gasteiger partial charge on any atom is -0.466 e. The summed E-state index contributed by atoms with van der Waals surface area (Å²) in [6.07, 6.45) is 2.45. The Morgan fingerprint density at radius 3 is 2.35 bits per heavy atom. The van der Waals surface area contributed by atoms with E-state index in [2.05, 4.69) is 10.1 Å². The van der Waals surface area contributed by atoms with Crippen LogP contribution in [0.2, 0.25) is 0 Å². The molecule has 0 saturated heterocycles. The van der Waals surface area contributed by atoms with Gasteiger partial charge in [0.15, 0.2) is 0 Å². The van der Waals surface area contributed by atoms with Crippen molar-refractivity contribution in [3.8, 4) is 0 Å². The molecular weight excluding hydrogens is 298 g/mol. The molecule has 0 spiro atoms. The molecule has 0 aromatic heterocycles. The van der Waals surface area contributed by atoms with Crippen LogP contribution in [0, 0.1) is 0 Å². The van der Waals surface area contributed by atoms with Crippen LogP contribution in [0.5, 0.6) is 0 Å². The summed E-state index contributed by atoms with van der Waals surface area (Å²) in [5, 5.41) is 12.6. The van der Waals surface area contributed by atoms with E-state index in [0.717, 1.165) is 11.6 Å². The molecular formula is C17H21NO5. The van der Waals surface area contributed by atoms with Gasteiger partial charge in [-0.05, 0) is 18.6 Å². The van der Waals surface area contributed by atoms with Gasteiger partial charge in [0.1, 0.15) is 0 Å². The van der Waals surface area contributed by atoms with Gasteiger partial charge in [-0.2, -0.15) is 0 Å². The van der Waals surface area contributed by atoms with E-state index in [1.54, 1.807) is 6.92 Å². The first-order valence-corrected chi connectivity index (χ1v) is 7.01. The number of nitrogens with one attached hydrogen (secondary N) is 1. The number of hydrogen-bond donors (Lipinski definition) is 2. The lowest BCUT2D eigenvalue weighted by atomic mass is 10.1. The predicted octanol–water partition coefficient (Wildman–Crippen LogP) is 1.49. The predicted molar refractivity (Wildman–Crippen MR) is 85.3 cm³/mol. The smallest absolute Gasteiger partial charge is 0.339 e. The number of rotatable bonds is 7. The number of carbonyl (C=O) groups excluding carboxylic acids is 2. The highest BCUT2D eigenvalue weighted by molar-refractivity contribution is 5.94. The highest BCUT2D eigenvalue weighted by Crippen LogP contribution is 2.16. The molecule has 124 valence electrons. The van der Waals surface area contributed by atoms with E-state index >= 15 is 0 Å². The van der Waals surface area contributed by atoms with E-state index in [1.165, 1.54) is 20.3 Å². The van der Waals surface area contributed by atoms with Crippen molar-refractivity contribution in [2.75, 3.05) is 20.8 Å². The zero-order valence-electron chi connectivity index (χ0n) is 13.4. The molecule has 0 radical (unpaired) electrons. The molecule has 0 aliphatic rings. The van der Waals surface area contributed by atoms with Gasteiger partial charge in [-0.25, -0.2) is 9.59 Å². The molecule has 0 fully saturated rings. The van der Waals surface area contributed by atoms with Gasteiger partial charge in [-0.3, -0.25) is 0 Å². The van der Waals surface area contributed by atoms with E-state index in [4.69, 9.17) is 4.74 Å². The Hall–Kier alpha value is -2.60. The second kappa shape index (κ2) is 9.42. The van der Waals surface area contributed by atoms with Crippen molar-refractivity contribution in [3.05, 3.63) is 59.3 Å². The van der Waals surface area contributed by atoms with Crippen molar-refractivity contribution in [2.45, 2.75) is 13.0 Å². The van der Waals surface area contributed by atoms with Crippen LogP contribution in [0.15, 0.2) is 53.8 Å². The second-order valence-corrected chi connectivity index (χ2v) is 4.68. The fraction of sp³-hybridized carbons (Fsp3) is 0.294. The summed E-state index contributed by atoms with van der Waals surface area (Å²) in [6.45, 7) is 1.51. The van der Waals surface area contributed by atoms with Gasteiger partial charge in [-0.15, -0.1) is 0 Å². The fourth-order valence-corrected chi connectivity index (χ4v) is 1.93. The molecule has 0 aliphatic heterocycles. The quantitative estimate of drug-likeness (QED) is 0.450. The van der Waals surface area contributed by atoms with Crippen molar-refractivity contribution in [1.29, 1.82) is 0 Å². The number of benzene rings is 1. The SMILES string of the molecule is COC(=O)/C=C/C(C(=O)OC)=C(\C)NC(CO)c1ccccc1. The minimum atomic E-state index is -0.597. The third-order valence-corrected chi connectivity index (χ3v) is 3.17. The van der Waals surface area contributed by atoms with Gasteiger partial charge in [0.2, 0.25) is 0 Å². The Morgan fingerprint density at radius 2 is 1.83 bits per heavy atom. The van der Waals surface area contributed by atoms with E-state index in [-0.39, 0.29) is 18.2 Å². The van der Waals surface area contributed by atoms with Crippen LogP contribution >= 0.6 is 0 Å². The maximum absolute atomic E-state index is 11.9. The van der Waals surface area contributed by atoms with Crippen molar-refractivity contribution in [2.24, 2.45) is 0 Å². The first-order valence-electron chi connectivity index (χ1n) is 7.01. The molecule has 1 unspecified atom stereocenters. The molecule has 1 aromatic rings. The van der Waals surface area contributed by atoms with E-state index in [0.29, 0.717) is 5.70 Å². The molecule has 0 heterocycles. The normalized spacial score (nSPS) is 13.2. The molecule has 1 rings (SSSR count). The monoisotopic (exact) mass is 319 g/mol. The van der Waals surface area contributed by atoms with Crippen LogP contribution < -0.4 is 5.32 Å². The van der Waals surface area contributed by atoms with Crippen molar-refractivity contribution in [3.63, 3.8) is 0 Å². The van der Waals surface area contributed by atoms with Crippen LogP contribution in [0.25, 0.3) is 0 Å². The number of allylic oxidation sites excluding steroid dienone is 1. The zero-order valence-corrected chi connectivity index (χ0v) is 13.4. The van der Waals surface area contributed by atoms with Crippen LogP contribution in [0.1, 0.15) is 18.5 Å². The van der Waals surface area contributed by atoms with E-state index in [1.807, 2.05) is 30.3 Å². The molecule has 0 saturated carbocycles. The van der Waals surface area contributed by atoms with Crippen LogP contribution in [0.3, 0.4) is 0 Å².